The minimum Gasteiger partial charge on any atom is -0.396 e. The van der Waals surface area contributed by atoms with Gasteiger partial charge in [-0.1, -0.05) is 12.1 Å². The highest BCUT2D eigenvalue weighted by molar-refractivity contribution is 5.86. The quantitative estimate of drug-likeness (QED) is 0.617. The molecule has 1 aromatic carbocycles. The number of aromatic nitrogens is 2. The maximum Gasteiger partial charge on any atom is 0.451 e. The lowest BCUT2D eigenvalue weighted by Gasteiger charge is -2.41. The van der Waals surface area contributed by atoms with Crippen molar-refractivity contribution in [2.24, 2.45) is 5.92 Å². The Labute approximate surface area is 201 Å². The molecular weight excluding hydrogens is 461 g/mol. The summed E-state index contributed by atoms with van der Waals surface area (Å²) in [6.07, 6.45) is -2.27. The molecule has 2 aliphatic heterocycles. The van der Waals surface area contributed by atoms with Gasteiger partial charge in [0.25, 0.3) is 0 Å². The van der Waals surface area contributed by atoms with Gasteiger partial charge in [-0.05, 0) is 49.3 Å². The van der Waals surface area contributed by atoms with E-state index in [1.54, 1.807) is 21.9 Å². The van der Waals surface area contributed by atoms with Crippen molar-refractivity contribution < 1.29 is 23.1 Å². The van der Waals surface area contributed by atoms with Crippen molar-refractivity contribution in [1.82, 2.24) is 15.3 Å². The number of rotatable bonds is 7. The predicted molar refractivity (Wildman–Crippen MR) is 123 cm³/mol. The van der Waals surface area contributed by atoms with E-state index in [1.807, 2.05) is 12.1 Å². The van der Waals surface area contributed by atoms with Gasteiger partial charge in [0, 0.05) is 38.9 Å². The number of hydrogen-bond acceptors (Lipinski definition) is 7. The zero-order valence-corrected chi connectivity index (χ0v) is 19.1. The van der Waals surface area contributed by atoms with Crippen LogP contribution < -0.4 is 15.1 Å². The normalized spacial score (nSPS) is 18.7. The predicted octanol–water partition coefficient (Wildman–Crippen LogP) is 2.51. The summed E-state index contributed by atoms with van der Waals surface area (Å²) in [5, 5.41) is 21.1. The first-order valence-electron chi connectivity index (χ1n) is 11.6. The number of nitriles is 1. The number of carbonyl (C=O) groups is 1. The average molecular weight is 489 g/mol. The Balaban J connectivity index is 1.43. The Morgan fingerprint density at radius 2 is 1.80 bits per heavy atom. The maximum absolute atomic E-state index is 13.6. The third kappa shape index (κ3) is 5.82. The molecular formula is C24H27F3N6O2. The topological polar surface area (TPSA) is 105 Å². The molecule has 1 atom stereocenters. The molecule has 0 bridgehead atoms. The Morgan fingerprint density at radius 3 is 2.37 bits per heavy atom. The first-order chi connectivity index (χ1) is 16.8. The van der Waals surface area contributed by atoms with E-state index in [2.05, 4.69) is 21.4 Å². The van der Waals surface area contributed by atoms with Crippen LogP contribution in [0.3, 0.4) is 0 Å². The zero-order valence-electron chi connectivity index (χ0n) is 19.1. The van der Waals surface area contributed by atoms with E-state index in [9.17, 15) is 23.1 Å². The third-order valence-corrected chi connectivity index (χ3v) is 6.56. The second-order valence-electron chi connectivity index (χ2n) is 8.87. The van der Waals surface area contributed by atoms with Crippen LogP contribution >= 0.6 is 0 Å². The number of alkyl halides is 3. The summed E-state index contributed by atoms with van der Waals surface area (Å²) < 4.78 is 40.7. The molecule has 2 aliphatic rings. The number of aliphatic hydroxyl groups is 1. The van der Waals surface area contributed by atoms with E-state index in [0.717, 1.165) is 5.56 Å². The second kappa shape index (κ2) is 10.5. The van der Waals surface area contributed by atoms with Gasteiger partial charge in [-0.15, -0.1) is 0 Å². The molecule has 0 aliphatic carbocycles. The molecule has 186 valence electrons. The summed E-state index contributed by atoms with van der Waals surface area (Å²) in [5.74, 6) is -1.07. The Hall–Kier alpha value is -3.39. The molecule has 8 nitrogen and oxygen atoms in total. The Kier molecular flexibility index (Phi) is 7.40. The van der Waals surface area contributed by atoms with Gasteiger partial charge in [-0.3, -0.25) is 4.79 Å². The highest BCUT2D eigenvalue weighted by atomic mass is 19.4. The van der Waals surface area contributed by atoms with Gasteiger partial charge in [-0.25, -0.2) is 9.97 Å². The SMILES string of the molecule is N#Cc1ccc(CCNC(=O)C2CCN2c2cc(N3CCC(CO)CC3)nc(C(F)(F)F)n2)cc1. The number of halogens is 3. The molecule has 11 heteroatoms. The van der Waals surface area contributed by atoms with Gasteiger partial charge < -0.3 is 20.2 Å². The molecule has 35 heavy (non-hydrogen) atoms. The number of nitrogens with one attached hydrogen (secondary N) is 1. The average Bonchev–Trinajstić information content (AvgIpc) is 2.83. The van der Waals surface area contributed by atoms with Crippen LogP contribution in [0.4, 0.5) is 24.8 Å². The van der Waals surface area contributed by atoms with E-state index in [0.29, 0.717) is 57.4 Å². The van der Waals surface area contributed by atoms with Crippen LogP contribution in [-0.4, -0.2) is 59.8 Å². The number of amides is 1. The molecule has 1 unspecified atom stereocenters. The van der Waals surface area contributed by atoms with Crippen molar-refractivity contribution >= 4 is 17.5 Å². The van der Waals surface area contributed by atoms with Crippen molar-refractivity contribution in [3.63, 3.8) is 0 Å². The standard InChI is InChI=1S/C24H27F3N6O2/c25-24(26,27)23-30-20(32-10-6-18(15-34)7-11-32)13-21(31-23)33-12-8-19(33)22(35)29-9-5-16-1-3-17(14-28)4-2-16/h1-4,13,18-19,34H,5-12,15H2,(H,29,35). The van der Waals surface area contributed by atoms with Crippen molar-refractivity contribution in [2.45, 2.75) is 37.9 Å². The van der Waals surface area contributed by atoms with Gasteiger partial charge >= 0.3 is 6.18 Å². The minimum atomic E-state index is -4.71. The molecule has 0 radical (unpaired) electrons. The van der Waals surface area contributed by atoms with Crippen LogP contribution in [-0.2, 0) is 17.4 Å². The zero-order chi connectivity index (χ0) is 25.0. The van der Waals surface area contributed by atoms with Crippen LogP contribution in [0.1, 0.15) is 36.2 Å². The van der Waals surface area contributed by atoms with Crippen molar-refractivity contribution in [2.75, 3.05) is 42.6 Å². The summed E-state index contributed by atoms with van der Waals surface area (Å²) >= 11 is 0. The second-order valence-corrected chi connectivity index (χ2v) is 8.87. The van der Waals surface area contributed by atoms with Crippen molar-refractivity contribution in [3.8, 4) is 6.07 Å². The van der Waals surface area contributed by atoms with E-state index in [1.165, 1.54) is 6.07 Å². The van der Waals surface area contributed by atoms with Crippen molar-refractivity contribution in [3.05, 3.63) is 47.3 Å². The summed E-state index contributed by atoms with van der Waals surface area (Å²) in [5.41, 5.74) is 1.53. The first kappa shape index (κ1) is 24.7. The van der Waals surface area contributed by atoms with Gasteiger partial charge in [0.2, 0.25) is 11.7 Å². The molecule has 3 heterocycles. The summed E-state index contributed by atoms with van der Waals surface area (Å²) in [6.45, 7) is 1.86. The number of anilines is 2. The fraction of sp³-hybridized carbons (Fsp3) is 0.500. The number of benzene rings is 1. The Morgan fingerprint density at radius 1 is 1.11 bits per heavy atom. The number of aliphatic hydroxyl groups excluding tert-OH is 1. The van der Waals surface area contributed by atoms with Crippen molar-refractivity contribution in [1.29, 1.82) is 5.26 Å². The monoisotopic (exact) mass is 488 g/mol. The number of nitrogens with zero attached hydrogens (tertiary/aromatic N) is 5. The smallest absolute Gasteiger partial charge is 0.396 e. The molecule has 2 saturated heterocycles. The van der Waals surface area contributed by atoms with Crippen LogP contribution in [0.25, 0.3) is 0 Å². The molecule has 0 spiro atoms. The van der Waals surface area contributed by atoms with Crippen LogP contribution in [0.2, 0.25) is 0 Å². The highest BCUT2D eigenvalue weighted by Crippen LogP contribution is 2.34. The van der Waals surface area contributed by atoms with Gasteiger partial charge in [0.1, 0.15) is 17.7 Å². The first-order valence-corrected chi connectivity index (χ1v) is 11.6. The van der Waals surface area contributed by atoms with E-state index < -0.39 is 18.0 Å². The molecule has 2 N–H and O–H groups in total. The van der Waals surface area contributed by atoms with Gasteiger partial charge in [0.05, 0.1) is 11.6 Å². The fourth-order valence-corrected chi connectivity index (χ4v) is 4.33. The summed E-state index contributed by atoms with van der Waals surface area (Å²) in [7, 11) is 0. The third-order valence-electron chi connectivity index (χ3n) is 6.56. The lowest BCUT2D eigenvalue weighted by molar-refractivity contribution is -0.144. The summed E-state index contributed by atoms with van der Waals surface area (Å²) in [4.78, 5) is 23.6. The van der Waals surface area contributed by atoms with E-state index >= 15 is 0 Å². The van der Waals surface area contributed by atoms with Gasteiger partial charge in [-0.2, -0.15) is 18.4 Å². The van der Waals surface area contributed by atoms with Crippen LogP contribution in [0.5, 0.6) is 0 Å². The molecule has 1 aromatic heterocycles. The number of piperidine rings is 1. The highest BCUT2D eigenvalue weighted by Gasteiger charge is 2.40. The number of hydrogen-bond donors (Lipinski definition) is 2. The van der Waals surface area contributed by atoms with E-state index in [4.69, 9.17) is 5.26 Å². The lowest BCUT2D eigenvalue weighted by atomic mass is 9.98. The molecule has 2 fully saturated rings. The largest absolute Gasteiger partial charge is 0.451 e. The molecule has 2 aromatic rings. The number of carbonyl (C=O) groups excluding carboxylic acids is 1. The van der Waals surface area contributed by atoms with E-state index in [-0.39, 0.29) is 30.1 Å². The Bertz CT molecular complexity index is 1080. The van der Waals surface area contributed by atoms with Crippen LogP contribution in [0.15, 0.2) is 30.3 Å². The summed E-state index contributed by atoms with van der Waals surface area (Å²) in [6, 6.07) is 10.0. The molecule has 1 amide bonds. The lowest BCUT2D eigenvalue weighted by Crippen LogP contribution is -2.57. The maximum atomic E-state index is 13.6. The molecule has 0 saturated carbocycles. The fourth-order valence-electron chi connectivity index (χ4n) is 4.33. The van der Waals surface area contributed by atoms with Gasteiger partial charge in [0.15, 0.2) is 0 Å². The minimum absolute atomic E-state index is 0.0619. The molecule has 4 rings (SSSR count). The van der Waals surface area contributed by atoms with Crippen LogP contribution in [0, 0.1) is 17.2 Å².